The Kier molecular flexibility index (Phi) is 3.82. The number of rotatable bonds is 4. The molecule has 3 rings (SSSR count). The van der Waals surface area contributed by atoms with Crippen LogP contribution in [0.15, 0.2) is 24.3 Å². The number of nitrogens with zero attached hydrogens (tertiary/aromatic N) is 1. The van der Waals surface area contributed by atoms with E-state index >= 15 is 0 Å². The molecule has 1 atom stereocenters. The van der Waals surface area contributed by atoms with Crippen molar-refractivity contribution in [2.75, 3.05) is 26.2 Å². The van der Waals surface area contributed by atoms with Crippen molar-refractivity contribution in [3.8, 4) is 11.5 Å². The van der Waals surface area contributed by atoms with E-state index in [0.717, 1.165) is 12.8 Å². The Morgan fingerprint density at radius 2 is 1.90 bits per heavy atom. The summed E-state index contributed by atoms with van der Waals surface area (Å²) in [5.74, 6) is 1.36. The average Bonchev–Trinajstić information content (AvgIpc) is 3.00. The molecule has 7 heteroatoms. The minimum atomic E-state index is -3.39. The molecule has 6 nitrogen and oxygen atoms in total. The van der Waals surface area contributed by atoms with Gasteiger partial charge in [-0.3, -0.25) is 0 Å². The summed E-state index contributed by atoms with van der Waals surface area (Å²) in [5, 5.41) is 0. The van der Waals surface area contributed by atoms with E-state index in [4.69, 9.17) is 9.47 Å². The fourth-order valence-corrected chi connectivity index (χ4v) is 3.70. The zero-order valence-corrected chi connectivity index (χ0v) is 11.9. The van der Waals surface area contributed by atoms with Crippen LogP contribution in [-0.4, -0.2) is 45.1 Å². The van der Waals surface area contributed by atoms with Gasteiger partial charge in [0.05, 0.1) is 6.54 Å². The van der Waals surface area contributed by atoms with Gasteiger partial charge >= 0.3 is 0 Å². The summed E-state index contributed by atoms with van der Waals surface area (Å²) in [7, 11) is -3.39. The summed E-state index contributed by atoms with van der Waals surface area (Å²) in [4.78, 5) is 0. The van der Waals surface area contributed by atoms with Crippen molar-refractivity contribution in [2.45, 2.75) is 18.9 Å². The second kappa shape index (κ2) is 5.59. The van der Waals surface area contributed by atoms with Gasteiger partial charge < -0.3 is 9.47 Å². The van der Waals surface area contributed by atoms with Crippen molar-refractivity contribution < 1.29 is 17.9 Å². The van der Waals surface area contributed by atoms with E-state index in [-0.39, 0.29) is 12.6 Å². The summed E-state index contributed by atoms with van der Waals surface area (Å²) in [6.07, 6.45) is 1.55. The summed E-state index contributed by atoms with van der Waals surface area (Å²) in [6, 6.07) is 7.38. The third-order valence-corrected chi connectivity index (χ3v) is 5.04. The van der Waals surface area contributed by atoms with E-state index in [1.165, 1.54) is 4.31 Å². The van der Waals surface area contributed by atoms with Crippen LogP contribution < -0.4 is 14.2 Å². The first-order valence-electron chi connectivity index (χ1n) is 6.78. The van der Waals surface area contributed by atoms with Crippen LogP contribution in [0.2, 0.25) is 0 Å². The standard InChI is InChI=1S/C13H18N2O4S/c16-20(17,15-7-3-4-8-15)14-9-11-10-18-12-5-1-2-6-13(12)19-11/h1-2,5-6,11,14H,3-4,7-10H2. The van der Waals surface area contributed by atoms with Crippen molar-refractivity contribution in [1.29, 1.82) is 0 Å². The van der Waals surface area contributed by atoms with Gasteiger partial charge in [0.2, 0.25) is 0 Å². The second-order valence-corrected chi connectivity index (χ2v) is 6.71. The van der Waals surface area contributed by atoms with Gasteiger partial charge in [0.1, 0.15) is 12.7 Å². The molecule has 0 saturated carbocycles. The Balaban J connectivity index is 1.57. The molecule has 2 aliphatic rings. The highest BCUT2D eigenvalue weighted by atomic mass is 32.2. The number of ether oxygens (including phenoxy) is 2. The van der Waals surface area contributed by atoms with Crippen LogP contribution in [0.25, 0.3) is 0 Å². The molecule has 0 bridgehead atoms. The first kappa shape index (κ1) is 13.7. The molecule has 1 fully saturated rings. The van der Waals surface area contributed by atoms with E-state index in [2.05, 4.69) is 4.72 Å². The van der Waals surface area contributed by atoms with Crippen LogP contribution >= 0.6 is 0 Å². The maximum Gasteiger partial charge on any atom is 0.279 e. The zero-order chi connectivity index (χ0) is 14.0. The molecular formula is C13H18N2O4S. The molecule has 110 valence electrons. The van der Waals surface area contributed by atoms with Crippen molar-refractivity contribution in [3.63, 3.8) is 0 Å². The van der Waals surface area contributed by atoms with Gasteiger partial charge in [-0.1, -0.05) is 12.1 Å². The molecule has 0 radical (unpaired) electrons. The van der Waals surface area contributed by atoms with Crippen LogP contribution in [0.1, 0.15) is 12.8 Å². The molecule has 0 spiro atoms. The highest BCUT2D eigenvalue weighted by molar-refractivity contribution is 7.87. The van der Waals surface area contributed by atoms with E-state index in [1.807, 2.05) is 24.3 Å². The Morgan fingerprint density at radius 3 is 2.65 bits per heavy atom. The molecular weight excluding hydrogens is 280 g/mol. The lowest BCUT2D eigenvalue weighted by molar-refractivity contribution is 0.0940. The highest BCUT2D eigenvalue weighted by Crippen LogP contribution is 2.30. The molecule has 1 N–H and O–H groups in total. The molecule has 1 aromatic carbocycles. The highest BCUT2D eigenvalue weighted by Gasteiger charge is 2.27. The molecule has 2 heterocycles. The Bertz CT molecular complexity index is 569. The van der Waals surface area contributed by atoms with Crippen LogP contribution in [0.5, 0.6) is 11.5 Å². The molecule has 0 aromatic heterocycles. The predicted molar refractivity (Wildman–Crippen MR) is 74.1 cm³/mol. The smallest absolute Gasteiger partial charge is 0.279 e. The lowest BCUT2D eigenvalue weighted by Gasteiger charge is -2.27. The molecule has 1 saturated heterocycles. The fraction of sp³-hybridized carbons (Fsp3) is 0.538. The van der Waals surface area contributed by atoms with Crippen molar-refractivity contribution in [1.82, 2.24) is 9.03 Å². The summed E-state index contributed by atoms with van der Waals surface area (Å²) < 4.78 is 39.4. The third-order valence-electron chi connectivity index (χ3n) is 3.47. The second-order valence-electron chi connectivity index (χ2n) is 4.96. The Hall–Kier alpha value is -1.31. The van der Waals surface area contributed by atoms with Gasteiger partial charge in [0.25, 0.3) is 10.2 Å². The first-order chi connectivity index (χ1) is 9.65. The molecule has 2 aliphatic heterocycles. The van der Waals surface area contributed by atoms with Crippen LogP contribution in [0.4, 0.5) is 0 Å². The van der Waals surface area contributed by atoms with Gasteiger partial charge in [-0.05, 0) is 25.0 Å². The maximum absolute atomic E-state index is 12.0. The number of benzene rings is 1. The zero-order valence-electron chi connectivity index (χ0n) is 11.1. The normalized spacial score (nSPS) is 22.9. The molecule has 1 aromatic rings. The van der Waals surface area contributed by atoms with Gasteiger partial charge in [-0.2, -0.15) is 17.4 Å². The summed E-state index contributed by atoms with van der Waals surface area (Å²) >= 11 is 0. The number of fused-ring (bicyclic) bond motifs is 1. The van der Waals surface area contributed by atoms with Crippen LogP contribution in [-0.2, 0) is 10.2 Å². The Labute approximate surface area is 118 Å². The van der Waals surface area contributed by atoms with Crippen molar-refractivity contribution >= 4 is 10.2 Å². The third kappa shape index (κ3) is 2.89. The monoisotopic (exact) mass is 298 g/mol. The number of hydrogen-bond donors (Lipinski definition) is 1. The minimum Gasteiger partial charge on any atom is -0.486 e. The lowest BCUT2D eigenvalue weighted by Crippen LogP contribution is -2.45. The lowest BCUT2D eigenvalue weighted by atomic mass is 10.2. The van der Waals surface area contributed by atoms with Gasteiger partial charge in [0.15, 0.2) is 11.5 Å². The van der Waals surface area contributed by atoms with Crippen LogP contribution in [0, 0.1) is 0 Å². The quantitative estimate of drug-likeness (QED) is 0.891. The molecule has 1 unspecified atom stereocenters. The Morgan fingerprint density at radius 1 is 1.20 bits per heavy atom. The van der Waals surface area contributed by atoms with Crippen molar-refractivity contribution in [3.05, 3.63) is 24.3 Å². The number of nitrogens with one attached hydrogen (secondary N) is 1. The first-order valence-corrected chi connectivity index (χ1v) is 8.22. The van der Waals surface area contributed by atoms with E-state index < -0.39 is 10.2 Å². The largest absolute Gasteiger partial charge is 0.486 e. The van der Waals surface area contributed by atoms with Gasteiger partial charge in [0, 0.05) is 13.1 Å². The number of para-hydroxylation sites is 2. The average molecular weight is 298 g/mol. The minimum absolute atomic E-state index is 0.215. The maximum atomic E-state index is 12.0. The predicted octanol–water partition coefficient (Wildman–Crippen LogP) is 0.757. The fourth-order valence-electron chi connectivity index (χ4n) is 2.38. The van der Waals surface area contributed by atoms with E-state index in [1.54, 1.807) is 0 Å². The van der Waals surface area contributed by atoms with E-state index in [0.29, 0.717) is 31.2 Å². The molecule has 0 amide bonds. The molecule has 20 heavy (non-hydrogen) atoms. The summed E-state index contributed by atoms with van der Waals surface area (Å²) in [6.45, 7) is 1.76. The summed E-state index contributed by atoms with van der Waals surface area (Å²) in [5.41, 5.74) is 0. The van der Waals surface area contributed by atoms with Gasteiger partial charge in [-0.25, -0.2) is 0 Å². The van der Waals surface area contributed by atoms with Crippen molar-refractivity contribution in [2.24, 2.45) is 0 Å². The molecule has 0 aliphatic carbocycles. The van der Waals surface area contributed by atoms with Crippen LogP contribution in [0.3, 0.4) is 0 Å². The van der Waals surface area contributed by atoms with E-state index in [9.17, 15) is 8.42 Å². The SMILES string of the molecule is O=S(=O)(NCC1COc2ccccc2O1)N1CCCC1. The topological polar surface area (TPSA) is 67.9 Å². The van der Waals surface area contributed by atoms with Gasteiger partial charge in [-0.15, -0.1) is 0 Å². The number of hydrogen-bond acceptors (Lipinski definition) is 4.